The molecule has 0 aliphatic heterocycles. The molecule has 0 unspecified atom stereocenters. The van der Waals surface area contributed by atoms with Gasteiger partial charge in [0.1, 0.15) is 5.82 Å². The van der Waals surface area contributed by atoms with Crippen molar-refractivity contribution in [2.75, 3.05) is 6.54 Å². The molecule has 1 saturated carbocycles. The van der Waals surface area contributed by atoms with Crippen LogP contribution in [0.3, 0.4) is 0 Å². The second-order valence-electron chi connectivity index (χ2n) is 5.83. The van der Waals surface area contributed by atoms with Gasteiger partial charge in [0.15, 0.2) is 5.96 Å². The minimum Gasteiger partial charge on any atom is -0.370 e. The van der Waals surface area contributed by atoms with Gasteiger partial charge >= 0.3 is 0 Å². The van der Waals surface area contributed by atoms with Crippen LogP contribution in [0.2, 0.25) is 0 Å². The van der Waals surface area contributed by atoms with E-state index < -0.39 is 0 Å². The zero-order valence-corrected chi connectivity index (χ0v) is 15.4. The monoisotopic (exact) mass is 419 g/mol. The van der Waals surface area contributed by atoms with Crippen LogP contribution in [0.1, 0.15) is 50.5 Å². The molecule has 3 N–H and O–H groups in total. The highest BCUT2D eigenvalue weighted by atomic mass is 127. The molecule has 1 aliphatic rings. The minimum absolute atomic E-state index is 0. The van der Waals surface area contributed by atoms with Gasteiger partial charge in [-0.3, -0.25) is 4.99 Å². The molecule has 5 heteroatoms. The lowest BCUT2D eigenvalue weighted by Crippen LogP contribution is -2.39. The Labute approximate surface area is 150 Å². The highest BCUT2D eigenvalue weighted by Gasteiger charge is 2.11. The molecular formula is C17H27FIN3. The first-order valence-corrected chi connectivity index (χ1v) is 8.05. The fourth-order valence-electron chi connectivity index (χ4n) is 2.85. The number of nitrogens with two attached hydrogens (primary N) is 1. The van der Waals surface area contributed by atoms with E-state index in [9.17, 15) is 4.39 Å². The zero-order chi connectivity index (χ0) is 14.9. The maximum absolute atomic E-state index is 13.0. The molecule has 3 nitrogen and oxygen atoms in total. The van der Waals surface area contributed by atoms with Crippen LogP contribution in [0.4, 0.5) is 4.39 Å². The summed E-state index contributed by atoms with van der Waals surface area (Å²) in [5.74, 6) is 0.381. The molecule has 0 saturated heterocycles. The summed E-state index contributed by atoms with van der Waals surface area (Å²) in [5.41, 5.74) is 6.95. The average molecular weight is 419 g/mol. The Morgan fingerprint density at radius 1 is 1.23 bits per heavy atom. The summed E-state index contributed by atoms with van der Waals surface area (Å²) in [7, 11) is 0. The molecule has 1 aromatic carbocycles. The Kier molecular flexibility index (Phi) is 9.43. The van der Waals surface area contributed by atoms with Gasteiger partial charge in [0.2, 0.25) is 0 Å². The molecule has 1 fully saturated rings. The van der Waals surface area contributed by atoms with Crippen molar-refractivity contribution in [3.8, 4) is 0 Å². The maximum Gasteiger partial charge on any atom is 0.188 e. The van der Waals surface area contributed by atoms with Gasteiger partial charge in [-0.05, 0) is 43.4 Å². The molecule has 0 radical (unpaired) electrons. The number of benzene rings is 1. The summed E-state index contributed by atoms with van der Waals surface area (Å²) in [5, 5.41) is 3.33. The lowest BCUT2D eigenvalue weighted by atomic mass is 10.1. The van der Waals surface area contributed by atoms with Crippen LogP contribution < -0.4 is 11.1 Å². The smallest absolute Gasteiger partial charge is 0.188 e. The molecule has 1 aromatic rings. The van der Waals surface area contributed by atoms with Crippen molar-refractivity contribution >= 4 is 29.9 Å². The number of aliphatic imine (C=N–C) groups is 1. The third-order valence-corrected chi connectivity index (χ3v) is 4.00. The van der Waals surface area contributed by atoms with E-state index in [-0.39, 0.29) is 29.8 Å². The summed E-state index contributed by atoms with van der Waals surface area (Å²) in [4.78, 5) is 4.38. The Bertz CT molecular complexity index is 457. The van der Waals surface area contributed by atoms with Crippen LogP contribution in [0.25, 0.3) is 0 Å². The number of halogens is 2. The van der Waals surface area contributed by atoms with Crippen LogP contribution >= 0.6 is 24.0 Å². The lowest BCUT2D eigenvalue weighted by molar-refractivity contribution is 0.530. The van der Waals surface area contributed by atoms with Crippen LogP contribution in [-0.4, -0.2) is 18.5 Å². The molecule has 0 spiro atoms. The SMILES string of the molecule is I.NC(=NCCCc1cccc(F)c1)NC1CCCCCC1. The molecule has 0 amide bonds. The fraction of sp³-hybridized carbons (Fsp3) is 0.588. The van der Waals surface area contributed by atoms with Crippen molar-refractivity contribution in [2.24, 2.45) is 10.7 Å². The summed E-state index contributed by atoms with van der Waals surface area (Å²) >= 11 is 0. The van der Waals surface area contributed by atoms with Crippen LogP contribution in [0.5, 0.6) is 0 Å². The molecule has 1 aliphatic carbocycles. The van der Waals surface area contributed by atoms with E-state index in [4.69, 9.17) is 5.73 Å². The van der Waals surface area contributed by atoms with Crippen molar-refractivity contribution in [3.63, 3.8) is 0 Å². The van der Waals surface area contributed by atoms with Gasteiger partial charge in [-0.1, -0.05) is 37.8 Å². The molecule has 2 rings (SSSR count). The Balaban J connectivity index is 0.00000242. The maximum atomic E-state index is 13.0. The summed E-state index contributed by atoms with van der Waals surface area (Å²) in [6.07, 6.45) is 9.34. The standard InChI is InChI=1S/C17H26FN3.HI/c18-15-9-5-7-14(13-15)8-6-12-20-17(19)21-16-10-3-1-2-4-11-16;/h5,7,9,13,16H,1-4,6,8,10-12H2,(H3,19,20,21);1H. The van der Waals surface area contributed by atoms with Crippen LogP contribution in [0, 0.1) is 5.82 Å². The van der Waals surface area contributed by atoms with Gasteiger partial charge in [-0.2, -0.15) is 0 Å². The Morgan fingerprint density at radius 2 is 1.95 bits per heavy atom. The van der Waals surface area contributed by atoms with Crippen molar-refractivity contribution < 1.29 is 4.39 Å². The van der Waals surface area contributed by atoms with E-state index in [1.54, 1.807) is 12.1 Å². The number of hydrogen-bond donors (Lipinski definition) is 2. The van der Waals surface area contributed by atoms with Gasteiger partial charge < -0.3 is 11.1 Å². The molecule has 0 heterocycles. The zero-order valence-electron chi connectivity index (χ0n) is 13.1. The lowest BCUT2D eigenvalue weighted by Gasteiger charge is -2.16. The van der Waals surface area contributed by atoms with Crippen molar-refractivity contribution in [1.82, 2.24) is 5.32 Å². The largest absolute Gasteiger partial charge is 0.370 e. The average Bonchev–Trinajstić information content (AvgIpc) is 2.72. The van der Waals surface area contributed by atoms with E-state index in [1.807, 2.05) is 6.07 Å². The first-order chi connectivity index (χ1) is 10.2. The number of rotatable bonds is 5. The van der Waals surface area contributed by atoms with E-state index in [0.717, 1.165) is 18.4 Å². The first-order valence-electron chi connectivity index (χ1n) is 8.05. The molecule has 0 aromatic heterocycles. The fourth-order valence-corrected chi connectivity index (χ4v) is 2.85. The molecular weight excluding hydrogens is 392 g/mol. The van der Waals surface area contributed by atoms with Crippen molar-refractivity contribution in [3.05, 3.63) is 35.6 Å². The number of guanidine groups is 1. The van der Waals surface area contributed by atoms with Gasteiger partial charge in [0.25, 0.3) is 0 Å². The second kappa shape index (κ2) is 10.8. The summed E-state index contributed by atoms with van der Waals surface area (Å²) in [6.45, 7) is 0.683. The third kappa shape index (κ3) is 7.42. The van der Waals surface area contributed by atoms with Gasteiger partial charge in [-0.15, -0.1) is 24.0 Å². The van der Waals surface area contributed by atoms with E-state index in [2.05, 4.69) is 10.3 Å². The topological polar surface area (TPSA) is 50.4 Å². The molecule has 0 atom stereocenters. The highest BCUT2D eigenvalue weighted by molar-refractivity contribution is 14.0. The second-order valence-corrected chi connectivity index (χ2v) is 5.83. The van der Waals surface area contributed by atoms with Crippen LogP contribution in [0.15, 0.2) is 29.3 Å². The van der Waals surface area contributed by atoms with Gasteiger partial charge in [0.05, 0.1) is 0 Å². The third-order valence-electron chi connectivity index (χ3n) is 4.00. The van der Waals surface area contributed by atoms with Crippen molar-refractivity contribution in [2.45, 2.75) is 57.4 Å². The first kappa shape index (κ1) is 19.2. The predicted molar refractivity (Wildman–Crippen MR) is 101 cm³/mol. The van der Waals surface area contributed by atoms with E-state index >= 15 is 0 Å². The van der Waals surface area contributed by atoms with Gasteiger partial charge in [0, 0.05) is 12.6 Å². The molecule has 22 heavy (non-hydrogen) atoms. The van der Waals surface area contributed by atoms with E-state index in [1.165, 1.54) is 44.6 Å². The number of hydrogen-bond acceptors (Lipinski definition) is 1. The summed E-state index contributed by atoms with van der Waals surface area (Å²) in [6, 6.07) is 7.22. The Morgan fingerprint density at radius 3 is 2.64 bits per heavy atom. The number of nitrogens with zero attached hydrogens (tertiary/aromatic N) is 1. The number of aryl methyl sites for hydroxylation is 1. The predicted octanol–water partition coefficient (Wildman–Crippen LogP) is 4.00. The number of nitrogens with one attached hydrogen (secondary N) is 1. The quantitative estimate of drug-likeness (QED) is 0.249. The van der Waals surface area contributed by atoms with Crippen LogP contribution in [-0.2, 0) is 6.42 Å². The Hall–Kier alpha value is -0.850. The minimum atomic E-state index is -0.175. The normalized spacial score (nSPS) is 16.7. The van der Waals surface area contributed by atoms with Gasteiger partial charge in [-0.25, -0.2) is 4.39 Å². The van der Waals surface area contributed by atoms with Crippen molar-refractivity contribution in [1.29, 1.82) is 0 Å². The highest BCUT2D eigenvalue weighted by Crippen LogP contribution is 2.16. The molecule has 124 valence electrons. The van der Waals surface area contributed by atoms with E-state index in [0.29, 0.717) is 18.5 Å². The summed E-state index contributed by atoms with van der Waals surface area (Å²) < 4.78 is 13.0. The molecule has 0 bridgehead atoms.